The van der Waals surface area contributed by atoms with Crippen LogP contribution in [0.5, 0.6) is 0 Å². The highest BCUT2D eigenvalue weighted by Crippen LogP contribution is 2.27. The topological polar surface area (TPSA) is 57.6 Å². The van der Waals surface area contributed by atoms with Crippen molar-refractivity contribution < 1.29 is 14.7 Å². The molecule has 1 atom stereocenters. The number of carbonyl (C=O) groups is 2. The first-order valence-electron chi connectivity index (χ1n) is 5.47. The summed E-state index contributed by atoms with van der Waals surface area (Å²) >= 11 is 0. The fourth-order valence-electron chi connectivity index (χ4n) is 1.88. The Kier molecular flexibility index (Phi) is 4.12. The standard InChI is InChI=1S/C11H19NO3/c1-8(6-10(13)14)11(15)12(2)7-9-4-3-5-9/h8-9H,3-7H2,1-2H3,(H,13,14). The van der Waals surface area contributed by atoms with E-state index in [1.54, 1.807) is 18.9 Å². The summed E-state index contributed by atoms with van der Waals surface area (Å²) in [5.41, 5.74) is 0. The second kappa shape index (κ2) is 5.14. The Morgan fingerprint density at radius 1 is 1.47 bits per heavy atom. The lowest BCUT2D eigenvalue weighted by molar-refractivity contribution is -0.143. The van der Waals surface area contributed by atoms with Crippen LogP contribution in [0.4, 0.5) is 0 Å². The van der Waals surface area contributed by atoms with Crippen LogP contribution < -0.4 is 0 Å². The fourth-order valence-corrected chi connectivity index (χ4v) is 1.88. The van der Waals surface area contributed by atoms with Crippen molar-refractivity contribution in [3.05, 3.63) is 0 Å². The van der Waals surface area contributed by atoms with Gasteiger partial charge in [0.05, 0.1) is 6.42 Å². The van der Waals surface area contributed by atoms with Crippen molar-refractivity contribution in [2.24, 2.45) is 11.8 Å². The molecular weight excluding hydrogens is 194 g/mol. The maximum absolute atomic E-state index is 11.7. The Bertz CT molecular complexity index is 248. The molecule has 1 fully saturated rings. The van der Waals surface area contributed by atoms with Gasteiger partial charge in [-0.15, -0.1) is 0 Å². The van der Waals surface area contributed by atoms with Gasteiger partial charge in [0.15, 0.2) is 0 Å². The quantitative estimate of drug-likeness (QED) is 0.750. The summed E-state index contributed by atoms with van der Waals surface area (Å²) in [6.45, 7) is 2.45. The predicted molar refractivity (Wildman–Crippen MR) is 56.4 cm³/mol. The zero-order chi connectivity index (χ0) is 11.4. The van der Waals surface area contributed by atoms with E-state index in [4.69, 9.17) is 5.11 Å². The Morgan fingerprint density at radius 3 is 2.47 bits per heavy atom. The molecule has 0 heterocycles. The van der Waals surface area contributed by atoms with E-state index in [2.05, 4.69) is 0 Å². The molecule has 0 aromatic heterocycles. The summed E-state index contributed by atoms with van der Waals surface area (Å²) in [5, 5.41) is 8.58. The highest BCUT2D eigenvalue weighted by atomic mass is 16.4. The zero-order valence-corrected chi connectivity index (χ0v) is 9.40. The van der Waals surface area contributed by atoms with Crippen LogP contribution >= 0.6 is 0 Å². The van der Waals surface area contributed by atoms with Gasteiger partial charge in [-0.05, 0) is 18.8 Å². The third kappa shape index (κ3) is 3.53. The summed E-state index contributed by atoms with van der Waals surface area (Å²) in [5.74, 6) is -0.735. The van der Waals surface area contributed by atoms with Crippen LogP contribution in [0.25, 0.3) is 0 Å². The number of carboxylic acids is 1. The normalized spacial score (nSPS) is 18.0. The Hall–Kier alpha value is -1.06. The molecule has 0 radical (unpaired) electrons. The van der Waals surface area contributed by atoms with E-state index in [1.165, 1.54) is 19.3 Å². The second-order valence-electron chi connectivity index (χ2n) is 4.51. The van der Waals surface area contributed by atoms with Gasteiger partial charge in [0.25, 0.3) is 0 Å². The lowest BCUT2D eigenvalue weighted by Gasteiger charge is -2.31. The lowest BCUT2D eigenvalue weighted by atomic mass is 9.85. The molecule has 1 unspecified atom stereocenters. The van der Waals surface area contributed by atoms with Gasteiger partial charge in [0.2, 0.25) is 5.91 Å². The van der Waals surface area contributed by atoms with Crippen molar-refractivity contribution in [3.63, 3.8) is 0 Å². The van der Waals surface area contributed by atoms with Gasteiger partial charge < -0.3 is 10.0 Å². The van der Waals surface area contributed by atoms with Gasteiger partial charge >= 0.3 is 5.97 Å². The molecule has 1 aliphatic rings. The maximum atomic E-state index is 11.7. The van der Waals surface area contributed by atoms with Crippen LogP contribution in [0, 0.1) is 11.8 Å². The third-order valence-electron chi connectivity index (χ3n) is 3.04. The molecule has 4 heteroatoms. The second-order valence-corrected chi connectivity index (χ2v) is 4.51. The summed E-state index contributed by atoms with van der Waals surface area (Å²) < 4.78 is 0. The van der Waals surface area contributed by atoms with E-state index in [-0.39, 0.29) is 12.3 Å². The van der Waals surface area contributed by atoms with E-state index < -0.39 is 11.9 Å². The van der Waals surface area contributed by atoms with Crippen LogP contribution in [0.2, 0.25) is 0 Å². The minimum atomic E-state index is -0.909. The average Bonchev–Trinajstić information content (AvgIpc) is 2.08. The molecule has 1 aliphatic carbocycles. The summed E-state index contributed by atoms with van der Waals surface area (Å²) in [6.07, 6.45) is 3.58. The first-order valence-corrected chi connectivity index (χ1v) is 5.47. The zero-order valence-electron chi connectivity index (χ0n) is 9.40. The number of amides is 1. The van der Waals surface area contributed by atoms with Crippen molar-refractivity contribution in [1.82, 2.24) is 4.90 Å². The number of carboxylic acid groups (broad SMARTS) is 1. The van der Waals surface area contributed by atoms with Crippen LogP contribution in [-0.2, 0) is 9.59 Å². The van der Waals surface area contributed by atoms with Gasteiger partial charge in [-0.1, -0.05) is 13.3 Å². The van der Waals surface area contributed by atoms with Gasteiger partial charge in [0, 0.05) is 19.5 Å². The lowest BCUT2D eigenvalue weighted by Crippen LogP contribution is -2.37. The number of carbonyl (C=O) groups excluding carboxylic acids is 1. The SMILES string of the molecule is CC(CC(=O)O)C(=O)N(C)CC1CCC1. The molecule has 0 aliphatic heterocycles. The Morgan fingerprint density at radius 2 is 2.07 bits per heavy atom. The molecule has 1 N–H and O–H groups in total. The van der Waals surface area contributed by atoms with Crippen LogP contribution in [0.1, 0.15) is 32.6 Å². The highest BCUT2D eigenvalue weighted by Gasteiger charge is 2.24. The number of aliphatic carboxylic acids is 1. The number of nitrogens with zero attached hydrogens (tertiary/aromatic N) is 1. The molecule has 1 amide bonds. The molecule has 4 nitrogen and oxygen atoms in total. The first-order chi connectivity index (χ1) is 7.00. The first kappa shape index (κ1) is 12.0. The molecule has 0 spiro atoms. The molecule has 0 saturated heterocycles. The maximum Gasteiger partial charge on any atom is 0.304 e. The highest BCUT2D eigenvalue weighted by molar-refractivity contribution is 5.82. The Balaban J connectivity index is 2.33. The number of hydrogen-bond acceptors (Lipinski definition) is 2. The summed E-state index contributed by atoms with van der Waals surface area (Å²) in [4.78, 5) is 23.9. The molecule has 0 aromatic rings. The van der Waals surface area contributed by atoms with Crippen LogP contribution in [-0.4, -0.2) is 35.5 Å². The molecule has 1 rings (SSSR count). The van der Waals surface area contributed by atoms with Crippen LogP contribution in [0.15, 0.2) is 0 Å². The van der Waals surface area contributed by atoms with Crippen molar-refractivity contribution >= 4 is 11.9 Å². The van der Waals surface area contributed by atoms with E-state index in [0.29, 0.717) is 5.92 Å². The molecular formula is C11H19NO3. The minimum Gasteiger partial charge on any atom is -0.481 e. The van der Waals surface area contributed by atoms with Gasteiger partial charge in [-0.2, -0.15) is 0 Å². The van der Waals surface area contributed by atoms with E-state index in [1.807, 2.05) is 0 Å². The predicted octanol–water partition coefficient (Wildman–Crippen LogP) is 1.36. The minimum absolute atomic E-state index is 0.0516. The molecule has 1 saturated carbocycles. The van der Waals surface area contributed by atoms with Crippen molar-refractivity contribution in [3.8, 4) is 0 Å². The monoisotopic (exact) mass is 213 g/mol. The fraction of sp³-hybridized carbons (Fsp3) is 0.818. The van der Waals surface area contributed by atoms with E-state index in [0.717, 1.165) is 6.54 Å². The summed E-state index contributed by atoms with van der Waals surface area (Å²) in [6, 6.07) is 0. The largest absolute Gasteiger partial charge is 0.481 e. The smallest absolute Gasteiger partial charge is 0.304 e. The van der Waals surface area contributed by atoms with E-state index >= 15 is 0 Å². The molecule has 0 aromatic carbocycles. The van der Waals surface area contributed by atoms with Gasteiger partial charge in [0.1, 0.15) is 0 Å². The number of rotatable bonds is 5. The summed E-state index contributed by atoms with van der Waals surface area (Å²) in [7, 11) is 1.76. The average molecular weight is 213 g/mol. The van der Waals surface area contributed by atoms with E-state index in [9.17, 15) is 9.59 Å². The van der Waals surface area contributed by atoms with Crippen LogP contribution in [0.3, 0.4) is 0 Å². The van der Waals surface area contributed by atoms with Gasteiger partial charge in [-0.3, -0.25) is 9.59 Å². The van der Waals surface area contributed by atoms with Crippen molar-refractivity contribution in [2.75, 3.05) is 13.6 Å². The third-order valence-corrected chi connectivity index (χ3v) is 3.04. The molecule has 15 heavy (non-hydrogen) atoms. The van der Waals surface area contributed by atoms with Crippen molar-refractivity contribution in [2.45, 2.75) is 32.6 Å². The van der Waals surface area contributed by atoms with Gasteiger partial charge in [-0.25, -0.2) is 0 Å². The molecule has 86 valence electrons. The Labute approximate surface area is 90.3 Å². The van der Waals surface area contributed by atoms with Crippen molar-refractivity contribution in [1.29, 1.82) is 0 Å². The number of hydrogen-bond donors (Lipinski definition) is 1. The molecule has 0 bridgehead atoms.